The fraction of sp³-hybridized carbons (Fsp3) is 0.0833. The van der Waals surface area contributed by atoms with Gasteiger partial charge in [0.2, 0.25) is 5.91 Å². The molecule has 0 saturated carbocycles. The molecule has 0 aliphatic carbocycles. The highest BCUT2D eigenvalue weighted by atomic mass is 32.2. The molecular weight excluding hydrogens is 490 g/mol. The molecule has 3 rings (SSSR count). The van der Waals surface area contributed by atoms with E-state index in [1.807, 2.05) is 0 Å². The summed E-state index contributed by atoms with van der Waals surface area (Å²) in [6.45, 7) is 1.69. The van der Waals surface area contributed by atoms with Crippen molar-refractivity contribution < 1.29 is 34.3 Å². The first-order valence-electron chi connectivity index (χ1n) is 10.3. The van der Waals surface area contributed by atoms with Gasteiger partial charge in [0.1, 0.15) is 0 Å². The van der Waals surface area contributed by atoms with E-state index in [9.17, 15) is 34.4 Å². The standard InChI is InChI=1S/C24H19N3O8S/c1-13(21(28)25-15-3-7-17(8-4-15)27(34)35)36-18-9-5-16(6-10-18)26-22(29)19-11-2-14(23(30)31)12-20(19)24(32)33/h2-13H,1H3,(H,25,28)(H,26,29)(H,30,31)(H,32,33). The number of nitro benzene ring substituents is 1. The van der Waals surface area contributed by atoms with Crippen LogP contribution in [-0.2, 0) is 4.79 Å². The van der Waals surface area contributed by atoms with Crippen molar-refractivity contribution in [3.8, 4) is 0 Å². The van der Waals surface area contributed by atoms with E-state index in [1.165, 1.54) is 36.0 Å². The molecule has 0 spiro atoms. The van der Waals surface area contributed by atoms with E-state index in [2.05, 4.69) is 10.6 Å². The fourth-order valence-electron chi connectivity index (χ4n) is 3.04. The van der Waals surface area contributed by atoms with Crippen LogP contribution in [0.15, 0.2) is 71.6 Å². The number of thioether (sulfide) groups is 1. The van der Waals surface area contributed by atoms with Crippen LogP contribution in [0.25, 0.3) is 0 Å². The summed E-state index contributed by atoms with van der Waals surface area (Å²) in [5.41, 5.74) is -0.176. The summed E-state index contributed by atoms with van der Waals surface area (Å²) < 4.78 is 0. The van der Waals surface area contributed by atoms with E-state index in [-0.39, 0.29) is 22.7 Å². The maximum Gasteiger partial charge on any atom is 0.336 e. The number of anilines is 2. The van der Waals surface area contributed by atoms with Crippen molar-refractivity contribution in [2.24, 2.45) is 0 Å². The number of non-ortho nitro benzene ring substituents is 1. The molecule has 0 aromatic heterocycles. The van der Waals surface area contributed by atoms with Crippen molar-refractivity contribution in [2.45, 2.75) is 17.1 Å². The summed E-state index contributed by atoms with van der Waals surface area (Å²) >= 11 is 1.25. The van der Waals surface area contributed by atoms with Crippen molar-refractivity contribution >= 4 is 52.6 Å². The van der Waals surface area contributed by atoms with E-state index in [0.717, 1.165) is 23.1 Å². The lowest BCUT2D eigenvalue weighted by atomic mass is 10.0. The zero-order valence-corrected chi connectivity index (χ0v) is 19.4. The zero-order chi connectivity index (χ0) is 26.4. The molecule has 0 heterocycles. The predicted molar refractivity (Wildman–Crippen MR) is 132 cm³/mol. The number of hydrogen-bond donors (Lipinski definition) is 4. The van der Waals surface area contributed by atoms with Crippen molar-refractivity contribution in [1.29, 1.82) is 0 Å². The smallest absolute Gasteiger partial charge is 0.336 e. The summed E-state index contributed by atoms with van der Waals surface area (Å²) in [5, 5.41) is 33.8. The van der Waals surface area contributed by atoms with Crippen LogP contribution in [0.4, 0.5) is 17.1 Å². The highest BCUT2D eigenvalue weighted by molar-refractivity contribution is 8.00. The van der Waals surface area contributed by atoms with E-state index in [1.54, 1.807) is 31.2 Å². The van der Waals surface area contributed by atoms with Crippen LogP contribution < -0.4 is 10.6 Å². The second-order valence-electron chi connectivity index (χ2n) is 7.40. The van der Waals surface area contributed by atoms with Gasteiger partial charge in [-0.2, -0.15) is 0 Å². The number of rotatable bonds is 9. The van der Waals surface area contributed by atoms with Gasteiger partial charge >= 0.3 is 11.9 Å². The van der Waals surface area contributed by atoms with Crippen molar-refractivity contribution in [1.82, 2.24) is 0 Å². The quantitative estimate of drug-likeness (QED) is 0.185. The van der Waals surface area contributed by atoms with Gasteiger partial charge in [-0.15, -0.1) is 11.8 Å². The zero-order valence-electron chi connectivity index (χ0n) is 18.6. The van der Waals surface area contributed by atoms with Gasteiger partial charge in [0.25, 0.3) is 11.6 Å². The lowest BCUT2D eigenvalue weighted by Crippen LogP contribution is -2.22. The Morgan fingerprint density at radius 2 is 1.42 bits per heavy atom. The van der Waals surface area contributed by atoms with E-state index in [0.29, 0.717) is 11.4 Å². The summed E-state index contributed by atoms with van der Waals surface area (Å²) in [7, 11) is 0. The molecule has 36 heavy (non-hydrogen) atoms. The van der Waals surface area contributed by atoms with Crippen LogP contribution in [0.1, 0.15) is 38.0 Å². The topological polar surface area (TPSA) is 176 Å². The van der Waals surface area contributed by atoms with Crippen LogP contribution in [0.3, 0.4) is 0 Å². The van der Waals surface area contributed by atoms with Crippen LogP contribution in [-0.4, -0.2) is 44.1 Å². The van der Waals surface area contributed by atoms with Gasteiger partial charge < -0.3 is 20.8 Å². The number of nitrogens with one attached hydrogen (secondary N) is 2. The van der Waals surface area contributed by atoms with Crippen molar-refractivity contribution in [2.75, 3.05) is 10.6 Å². The monoisotopic (exact) mass is 509 g/mol. The van der Waals surface area contributed by atoms with E-state index in [4.69, 9.17) is 5.11 Å². The molecule has 4 N–H and O–H groups in total. The molecule has 0 aliphatic heterocycles. The lowest BCUT2D eigenvalue weighted by molar-refractivity contribution is -0.384. The fourth-order valence-corrected chi connectivity index (χ4v) is 3.90. The van der Waals surface area contributed by atoms with Gasteiger partial charge in [-0.25, -0.2) is 9.59 Å². The average Bonchev–Trinajstić information content (AvgIpc) is 2.84. The Balaban J connectivity index is 1.62. The second kappa shape index (κ2) is 11.1. The number of nitro groups is 1. The van der Waals surface area contributed by atoms with Gasteiger partial charge in [-0.3, -0.25) is 19.7 Å². The molecular formula is C24H19N3O8S. The molecule has 1 atom stereocenters. The second-order valence-corrected chi connectivity index (χ2v) is 8.82. The van der Waals surface area contributed by atoms with Crippen molar-refractivity contribution in [3.63, 3.8) is 0 Å². The minimum absolute atomic E-state index is 0.0842. The molecule has 0 fully saturated rings. The Labute approximate surface area is 208 Å². The summed E-state index contributed by atoms with van der Waals surface area (Å²) in [4.78, 5) is 58.5. The third-order valence-corrected chi connectivity index (χ3v) is 5.99. The minimum Gasteiger partial charge on any atom is -0.478 e. The molecule has 2 amide bonds. The van der Waals surface area contributed by atoms with Gasteiger partial charge in [0.05, 0.1) is 26.9 Å². The maximum absolute atomic E-state index is 12.6. The Morgan fingerprint density at radius 1 is 0.833 bits per heavy atom. The van der Waals surface area contributed by atoms with Crippen LogP contribution in [0.2, 0.25) is 0 Å². The number of amides is 2. The van der Waals surface area contributed by atoms with E-state index >= 15 is 0 Å². The van der Waals surface area contributed by atoms with Gasteiger partial charge in [-0.1, -0.05) is 0 Å². The third-order valence-electron chi connectivity index (χ3n) is 4.88. The number of hydrogen-bond acceptors (Lipinski definition) is 7. The van der Waals surface area contributed by atoms with Gasteiger partial charge in [0, 0.05) is 28.4 Å². The first-order valence-corrected chi connectivity index (χ1v) is 11.2. The predicted octanol–water partition coefficient (Wildman–Crippen LogP) is 4.36. The Kier molecular flexibility index (Phi) is 8.02. The molecule has 12 heteroatoms. The normalized spacial score (nSPS) is 11.2. The van der Waals surface area contributed by atoms with Crippen LogP contribution >= 0.6 is 11.8 Å². The number of carboxylic acids is 2. The Bertz CT molecular complexity index is 1340. The summed E-state index contributed by atoms with van der Waals surface area (Å²) in [6.07, 6.45) is 0. The number of carbonyl (C=O) groups excluding carboxylic acids is 2. The van der Waals surface area contributed by atoms with Crippen LogP contribution in [0.5, 0.6) is 0 Å². The number of aromatic carboxylic acids is 2. The van der Waals surface area contributed by atoms with Crippen molar-refractivity contribution in [3.05, 3.63) is 93.5 Å². The minimum atomic E-state index is -1.43. The number of benzene rings is 3. The maximum atomic E-state index is 12.6. The van der Waals surface area contributed by atoms with Crippen LogP contribution in [0, 0.1) is 10.1 Å². The van der Waals surface area contributed by atoms with Gasteiger partial charge in [0.15, 0.2) is 0 Å². The first kappa shape index (κ1) is 25.9. The SMILES string of the molecule is CC(Sc1ccc(NC(=O)c2ccc(C(=O)O)cc2C(=O)O)cc1)C(=O)Nc1ccc([N+](=O)[O-])cc1. The Hall–Kier alpha value is -4.71. The van der Waals surface area contributed by atoms with E-state index < -0.39 is 33.6 Å². The van der Waals surface area contributed by atoms with Gasteiger partial charge in [-0.05, 0) is 61.5 Å². The highest BCUT2D eigenvalue weighted by Gasteiger charge is 2.20. The molecule has 0 saturated heterocycles. The summed E-state index contributed by atoms with van der Waals surface area (Å²) in [5.74, 6) is -3.78. The number of nitrogens with zero attached hydrogens (tertiary/aromatic N) is 1. The third kappa shape index (κ3) is 6.45. The molecule has 0 radical (unpaired) electrons. The number of carbonyl (C=O) groups is 4. The molecule has 0 bridgehead atoms. The molecule has 0 aliphatic rings. The average molecular weight is 509 g/mol. The Morgan fingerprint density at radius 3 is 1.97 bits per heavy atom. The summed E-state index contributed by atoms with van der Waals surface area (Å²) in [6, 6.07) is 15.2. The molecule has 11 nitrogen and oxygen atoms in total. The highest BCUT2D eigenvalue weighted by Crippen LogP contribution is 2.26. The number of carboxylic acid groups (broad SMARTS) is 2. The molecule has 184 valence electrons. The molecule has 3 aromatic carbocycles. The largest absolute Gasteiger partial charge is 0.478 e. The first-order chi connectivity index (χ1) is 17.0. The molecule has 1 unspecified atom stereocenters. The lowest BCUT2D eigenvalue weighted by Gasteiger charge is -2.13. The molecule has 3 aromatic rings.